The molecule has 56 valence electrons. The Balaban J connectivity index is 2.81. The minimum Gasteiger partial charge on any atom is -0.384 e. The summed E-state index contributed by atoms with van der Waals surface area (Å²) in [7, 11) is 0. The summed E-state index contributed by atoms with van der Waals surface area (Å²) >= 11 is 0. The molecule has 0 fully saturated rings. The predicted molar refractivity (Wildman–Crippen MR) is 47.9 cm³/mol. The van der Waals surface area contributed by atoms with Crippen LogP contribution in [0.1, 0.15) is 5.56 Å². The maximum absolute atomic E-state index is 5.40. The van der Waals surface area contributed by atoms with Crippen LogP contribution in [0.5, 0.6) is 0 Å². The largest absolute Gasteiger partial charge is 0.384 e. The minimum atomic E-state index is 0.542. The molecule has 0 atom stereocenters. The highest BCUT2D eigenvalue weighted by molar-refractivity contribution is 5.51. The molecule has 0 saturated heterocycles. The highest BCUT2D eigenvalue weighted by atomic mass is 14.8. The van der Waals surface area contributed by atoms with Crippen molar-refractivity contribution in [2.45, 2.75) is 0 Å². The molecule has 11 heavy (non-hydrogen) atoms. The zero-order chi connectivity index (χ0) is 8.10. The number of anilines is 1. The highest BCUT2D eigenvalue weighted by Crippen LogP contribution is 2.02. The number of nitrogen functional groups attached to an aromatic ring is 1. The molecule has 2 heteroatoms. The lowest BCUT2D eigenvalue weighted by Gasteiger charge is -1.91. The fourth-order valence-electron chi connectivity index (χ4n) is 0.694. The van der Waals surface area contributed by atoms with Gasteiger partial charge in [0.1, 0.15) is 5.82 Å². The molecule has 1 aromatic heterocycles. The lowest BCUT2D eigenvalue weighted by molar-refractivity contribution is 1.33. The molecule has 0 saturated carbocycles. The Morgan fingerprint density at radius 1 is 1.45 bits per heavy atom. The van der Waals surface area contributed by atoms with E-state index in [4.69, 9.17) is 5.73 Å². The zero-order valence-corrected chi connectivity index (χ0v) is 6.20. The summed E-state index contributed by atoms with van der Waals surface area (Å²) in [6.45, 7) is 3.56. The molecule has 0 aliphatic heterocycles. The van der Waals surface area contributed by atoms with Gasteiger partial charge in [0.05, 0.1) is 0 Å². The molecule has 0 amide bonds. The Morgan fingerprint density at radius 3 is 2.82 bits per heavy atom. The first-order valence-corrected chi connectivity index (χ1v) is 3.33. The third-order valence-electron chi connectivity index (χ3n) is 1.23. The lowest BCUT2D eigenvalue weighted by Crippen LogP contribution is -1.87. The number of pyridine rings is 1. The topological polar surface area (TPSA) is 38.9 Å². The fraction of sp³-hybridized carbons (Fsp3) is 0. The van der Waals surface area contributed by atoms with Gasteiger partial charge in [-0.3, -0.25) is 0 Å². The molecule has 2 N–H and O–H groups in total. The van der Waals surface area contributed by atoms with Crippen LogP contribution in [0.15, 0.2) is 37.1 Å². The molecule has 0 aliphatic carbocycles. The van der Waals surface area contributed by atoms with Crippen molar-refractivity contribution in [2.24, 2.45) is 0 Å². The molecule has 0 aromatic carbocycles. The van der Waals surface area contributed by atoms with E-state index in [1.54, 1.807) is 18.3 Å². The second-order valence-electron chi connectivity index (χ2n) is 2.11. The van der Waals surface area contributed by atoms with Gasteiger partial charge in [0.2, 0.25) is 0 Å². The van der Waals surface area contributed by atoms with Crippen LogP contribution in [-0.4, -0.2) is 4.98 Å². The van der Waals surface area contributed by atoms with E-state index < -0.39 is 0 Å². The maximum Gasteiger partial charge on any atom is 0.123 e. The third kappa shape index (κ3) is 2.26. The highest BCUT2D eigenvalue weighted by Gasteiger charge is 1.85. The van der Waals surface area contributed by atoms with Crippen LogP contribution in [-0.2, 0) is 0 Å². The van der Waals surface area contributed by atoms with Crippen LogP contribution in [0, 0.1) is 0 Å². The molecule has 0 radical (unpaired) electrons. The van der Waals surface area contributed by atoms with Crippen LogP contribution < -0.4 is 5.73 Å². The lowest BCUT2D eigenvalue weighted by atomic mass is 10.2. The van der Waals surface area contributed by atoms with Gasteiger partial charge in [0.15, 0.2) is 0 Å². The summed E-state index contributed by atoms with van der Waals surface area (Å²) in [6, 6.07) is 3.67. The van der Waals surface area contributed by atoms with E-state index in [0.717, 1.165) is 5.56 Å². The second kappa shape index (κ2) is 3.56. The minimum absolute atomic E-state index is 0.542. The Hall–Kier alpha value is -1.57. The van der Waals surface area contributed by atoms with Crippen LogP contribution in [0.4, 0.5) is 5.82 Å². The first-order valence-electron chi connectivity index (χ1n) is 3.33. The Bertz CT molecular complexity index is 259. The third-order valence-corrected chi connectivity index (χ3v) is 1.23. The standard InChI is InChI=1S/C9H10N2/c1-2-3-4-8-5-6-9(10)11-7-8/h2-7H,1H2,(H2,10,11)/b4-3+. The zero-order valence-electron chi connectivity index (χ0n) is 6.20. The molecule has 1 rings (SSSR count). The van der Waals surface area contributed by atoms with Crippen molar-refractivity contribution < 1.29 is 0 Å². The van der Waals surface area contributed by atoms with Crippen LogP contribution >= 0.6 is 0 Å². The summed E-state index contributed by atoms with van der Waals surface area (Å²) in [5.74, 6) is 0.542. The van der Waals surface area contributed by atoms with Gasteiger partial charge in [-0.05, 0) is 17.7 Å². The van der Waals surface area contributed by atoms with Crippen molar-refractivity contribution in [1.82, 2.24) is 4.98 Å². The smallest absolute Gasteiger partial charge is 0.123 e. The first kappa shape index (κ1) is 7.54. The van der Waals surface area contributed by atoms with Gasteiger partial charge in [-0.25, -0.2) is 4.98 Å². The predicted octanol–water partition coefficient (Wildman–Crippen LogP) is 1.86. The Labute approximate surface area is 66.1 Å². The number of nitrogens with two attached hydrogens (primary N) is 1. The maximum atomic E-state index is 5.40. The van der Waals surface area contributed by atoms with E-state index in [0.29, 0.717) is 5.82 Å². The number of allylic oxidation sites excluding steroid dienone is 2. The average molecular weight is 146 g/mol. The van der Waals surface area contributed by atoms with Gasteiger partial charge < -0.3 is 5.73 Å². The summed E-state index contributed by atoms with van der Waals surface area (Å²) in [4.78, 5) is 3.92. The van der Waals surface area contributed by atoms with Crippen molar-refractivity contribution >= 4 is 11.9 Å². The van der Waals surface area contributed by atoms with Gasteiger partial charge in [-0.15, -0.1) is 0 Å². The number of hydrogen-bond acceptors (Lipinski definition) is 2. The van der Waals surface area contributed by atoms with E-state index in [1.807, 2.05) is 18.2 Å². The van der Waals surface area contributed by atoms with Crippen LogP contribution in [0.25, 0.3) is 6.08 Å². The number of rotatable bonds is 2. The number of aromatic nitrogens is 1. The molecule has 2 nitrogen and oxygen atoms in total. The van der Waals surface area contributed by atoms with E-state index in [1.165, 1.54) is 0 Å². The van der Waals surface area contributed by atoms with Crippen molar-refractivity contribution in [3.63, 3.8) is 0 Å². The summed E-state index contributed by atoms with van der Waals surface area (Å²) in [6.07, 6.45) is 7.21. The van der Waals surface area contributed by atoms with Crippen molar-refractivity contribution in [3.05, 3.63) is 42.6 Å². The molecule has 0 aliphatic rings. The molecule has 1 aromatic rings. The van der Waals surface area contributed by atoms with Gasteiger partial charge in [0, 0.05) is 6.20 Å². The van der Waals surface area contributed by atoms with E-state index in [-0.39, 0.29) is 0 Å². The summed E-state index contributed by atoms with van der Waals surface area (Å²) in [5, 5.41) is 0. The van der Waals surface area contributed by atoms with Crippen LogP contribution in [0.3, 0.4) is 0 Å². The van der Waals surface area contributed by atoms with E-state index in [9.17, 15) is 0 Å². The molecule has 1 heterocycles. The van der Waals surface area contributed by atoms with Gasteiger partial charge >= 0.3 is 0 Å². The van der Waals surface area contributed by atoms with E-state index in [2.05, 4.69) is 11.6 Å². The fourth-order valence-corrected chi connectivity index (χ4v) is 0.694. The molecular formula is C9H10N2. The Morgan fingerprint density at radius 2 is 2.27 bits per heavy atom. The quantitative estimate of drug-likeness (QED) is 0.647. The number of nitrogens with zero attached hydrogens (tertiary/aromatic N) is 1. The first-order chi connectivity index (χ1) is 5.33. The van der Waals surface area contributed by atoms with Crippen LogP contribution in [0.2, 0.25) is 0 Å². The molecular weight excluding hydrogens is 136 g/mol. The van der Waals surface area contributed by atoms with Crippen molar-refractivity contribution in [1.29, 1.82) is 0 Å². The average Bonchev–Trinajstić information content (AvgIpc) is 2.04. The number of hydrogen-bond donors (Lipinski definition) is 1. The summed E-state index contributed by atoms with van der Waals surface area (Å²) in [5.41, 5.74) is 6.43. The van der Waals surface area contributed by atoms with Gasteiger partial charge in [-0.2, -0.15) is 0 Å². The van der Waals surface area contributed by atoms with Crippen molar-refractivity contribution in [2.75, 3.05) is 5.73 Å². The molecule has 0 spiro atoms. The second-order valence-corrected chi connectivity index (χ2v) is 2.11. The molecule has 0 unspecified atom stereocenters. The van der Waals surface area contributed by atoms with E-state index >= 15 is 0 Å². The molecule has 0 bridgehead atoms. The summed E-state index contributed by atoms with van der Waals surface area (Å²) < 4.78 is 0. The SMILES string of the molecule is C=C/C=C/c1ccc(N)nc1. The normalized spacial score (nSPS) is 10.2. The van der Waals surface area contributed by atoms with Crippen molar-refractivity contribution in [3.8, 4) is 0 Å². The Kier molecular flexibility index (Phi) is 2.44. The van der Waals surface area contributed by atoms with Gasteiger partial charge in [-0.1, -0.05) is 24.8 Å². The van der Waals surface area contributed by atoms with Gasteiger partial charge in [0.25, 0.3) is 0 Å². The monoisotopic (exact) mass is 146 g/mol.